The zero-order valence-electron chi connectivity index (χ0n) is 10.9. The van der Waals surface area contributed by atoms with Crippen LogP contribution in [0.15, 0.2) is 64.6 Å². The number of halogens is 1. The number of hydrazine groups is 1. The molecule has 0 atom stereocenters. The normalized spacial score (nSPS) is 16.4. The van der Waals surface area contributed by atoms with E-state index in [0.29, 0.717) is 5.69 Å². The maximum atomic E-state index is 12.4. The molecule has 2 aromatic rings. The van der Waals surface area contributed by atoms with Crippen LogP contribution in [0.1, 0.15) is 5.56 Å². The Morgan fingerprint density at radius 3 is 2.29 bits per heavy atom. The van der Waals surface area contributed by atoms with E-state index in [-0.39, 0.29) is 11.5 Å². The number of rotatable bonds is 2. The molecule has 0 saturated carbocycles. The van der Waals surface area contributed by atoms with Crippen LogP contribution in [0.25, 0.3) is 6.08 Å². The molecule has 0 unspecified atom stereocenters. The van der Waals surface area contributed by atoms with Gasteiger partial charge in [-0.15, -0.1) is 0 Å². The average molecular weight is 343 g/mol. The molecule has 104 valence electrons. The van der Waals surface area contributed by atoms with Crippen LogP contribution in [0.4, 0.5) is 5.69 Å². The number of nitrogens with one attached hydrogen (secondary N) is 1. The van der Waals surface area contributed by atoms with Gasteiger partial charge in [0.1, 0.15) is 5.57 Å². The third kappa shape index (κ3) is 2.73. The smallest absolute Gasteiger partial charge is 0.267 e. The number of carbonyl (C=O) groups excluding carboxylic acids is 2. The second-order valence-electron chi connectivity index (χ2n) is 4.53. The first-order valence-corrected chi connectivity index (χ1v) is 7.12. The monoisotopic (exact) mass is 342 g/mol. The highest BCUT2D eigenvalue weighted by Gasteiger charge is 2.34. The van der Waals surface area contributed by atoms with Crippen LogP contribution in [0.5, 0.6) is 0 Å². The Bertz CT molecular complexity index is 724. The van der Waals surface area contributed by atoms with E-state index in [0.717, 1.165) is 10.0 Å². The molecule has 1 saturated heterocycles. The summed E-state index contributed by atoms with van der Waals surface area (Å²) < 4.78 is 0.942. The minimum Gasteiger partial charge on any atom is -0.267 e. The molecule has 1 aliphatic heterocycles. The molecule has 1 heterocycles. The number of benzene rings is 2. The molecule has 0 aromatic heterocycles. The van der Waals surface area contributed by atoms with Gasteiger partial charge in [0.25, 0.3) is 11.8 Å². The molecule has 0 radical (unpaired) electrons. The van der Waals surface area contributed by atoms with Crippen LogP contribution >= 0.6 is 15.9 Å². The molecule has 1 fully saturated rings. The van der Waals surface area contributed by atoms with Crippen LogP contribution < -0.4 is 10.4 Å². The molecule has 0 aliphatic carbocycles. The van der Waals surface area contributed by atoms with Gasteiger partial charge in [-0.1, -0.05) is 46.3 Å². The molecule has 21 heavy (non-hydrogen) atoms. The maximum Gasteiger partial charge on any atom is 0.282 e. The van der Waals surface area contributed by atoms with E-state index in [9.17, 15) is 9.59 Å². The number of carbonyl (C=O) groups is 2. The fraction of sp³-hybridized carbons (Fsp3) is 0. The molecule has 3 rings (SSSR count). The highest BCUT2D eigenvalue weighted by atomic mass is 79.9. The maximum absolute atomic E-state index is 12.4. The zero-order valence-corrected chi connectivity index (χ0v) is 12.5. The Labute approximate surface area is 130 Å². The average Bonchev–Trinajstić information content (AvgIpc) is 2.78. The van der Waals surface area contributed by atoms with E-state index >= 15 is 0 Å². The van der Waals surface area contributed by atoms with Gasteiger partial charge in [-0.2, -0.15) is 0 Å². The van der Waals surface area contributed by atoms with Crippen molar-refractivity contribution >= 4 is 39.5 Å². The van der Waals surface area contributed by atoms with Crippen LogP contribution in [0.2, 0.25) is 0 Å². The van der Waals surface area contributed by atoms with E-state index in [1.54, 1.807) is 18.2 Å². The van der Waals surface area contributed by atoms with E-state index in [2.05, 4.69) is 21.4 Å². The lowest BCUT2D eigenvalue weighted by Gasteiger charge is -2.13. The second-order valence-corrected chi connectivity index (χ2v) is 5.44. The van der Waals surface area contributed by atoms with Crippen molar-refractivity contribution < 1.29 is 9.59 Å². The van der Waals surface area contributed by atoms with Crippen molar-refractivity contribution in [3.63, 3.8) is 0 Å². The van der Waals surface area contributed by atoms with Crippen molar-refractivity contribution in [1.29, 1.82) is 0 Å². The number of para-hydroxylation sites is 1. The third-order valence-electron chi connectivity index (χ3n) is 3.09. The lowest BCUT2D eigenvalue weighted by molar-refractivity contribution is -0.117. The summed E-state index contributed by atoms with van der Waals surface area (Å²) in [6.45, 7) is 0. The summed E-state index contributed by atoms with van der Waals surface area (Å²) in [6.07, 6.45) is 1.59. The molecule has 1 N–H and O–H groups in total. The molecule has 0 spiro atoms. The number of amides is 2. The zero-order chi connectivity index (χ0) is 14.8. The SMILES string of the molecule is O=C1NN(c2ccccc2)C(=O)/C1=C/c1ccc(Br)cc1. The fourth-order valence-corrected chi connectivity index (χ4v) is 2.31. The quantitative estimate of drug-likeness (QED) is 0.673. The van der Waals surface area contributed by atoms with Crippen molar-refractivity contribution in [2.45, 2.75) is 0 Å². The van der Waals surface area contributed by atoms with E-state index in [1.807, 2.05) is 42.5 Å². The van der Waals surface area contributed by atoms with Gasteiger partial charge in [0, 0.05) is 4.47 Å². The van der Waals surface area contributed by atoms with E-state index < -0.39 is 5.91 Å². The molecule has 4 nitrogen and oxygen atoms in total. The lowest BCUT2D eigenvalue weighted by atomic mass is 10.1. The van der Waals surface area contributed by atoms with Gasteiger partial charge in [0.05, 0.1) is 5.69 Å². The predicted molar refractivity (Wildman–Crippen MR) is 84.2 cm³/mol. The summed E-state index contributed by atoms with van der Waals surface area (Å²) in [4.78, 5) is 24.3. The largest absolute Gasteiger partial charge is 0.282 e. The summed E-state index contributed by atoms with van der Waals surface area (Å²) >= 11 is 3.35. The summed E-state index contributed by atoms with van der Waals surface area (Å²) in [7, 11) is 0. The molecular formula is C16H11BrN2O2. The summed E-state index contributed by atoms with van der Waals surface area (Å²) in [5.74, 6) is -0.749. The topological polar surface area (TPSA) is 49.4 Å². The molecule has 2 amide bonds. The van der Waals surface area contributed by atoms with E-state index in [4.69, 9.17) is 0 Å². The van der Waals surface area contributed by atoms with Crippen molar-refractivity contribution in [3.8, 4) is 0 Å². The first-order chi connectivity index (χ1) is 10.1. The number of hydrogen-bond acceptors (Lipinski definition) is 2. The first-order valence-electron chi connectivity index (χ1n) is 6.33. The fourth-order valence-electron chi connectivity index (χ4n) is 2.04. The van der Waals surface area contributed by atoms with Gasteiger partial charge < -0.3 is 0 Å². The molecule has 5 heteroatoms. The van der Waals surface area contributed by atoms with Crippen molar-refractivity contribution in [2.24, 2.45) is 0 Å². The van der Waals surface area contributed by atoms with Crippen LogP contribution in [-0.2, 0) is 9.59 Å². The predicted octanol–water partition coefficient (Wildman–Crippen LogP) is 2.91. The summed E-state index contributed by atoms with van der Waals surface area (Å²) in [5.41, 5.74) is 4.13. The number of nitrogens with zero attached hydrogens (tertiary/aromatic N) is 1. The minimum absolute atomic E-state index is 0.126. The lowest BCUT2D eigenvalue weighted by Crippen LogP contribution is -2.35. The highest BCUT2D eigenvalue weighted by molar-refractivity contribution is 9.10. The Balaban J connectivity index is 1.92. The van der Waals surface area contributed by atoms with Crippen LogP contribution in [0, 0.1) is 0 Å². The number of hydrogen-bond donors (Lipinski definition) is 1. The molecule has 0 bridgehead atoms. The third-order valence-corrected chi connectivity index (χ3v) is 3.62. The van der Waals surface area contributed by atoms with Gasteiger partial charge in [-0.25, -0.2) is 5.01 Å². The highest BCUT2D eigenvalue weighted by Crippen LogP contribution is 2.21. The Morgan fingerprint density at radius 1 is 0.952 bits per heavy atom. The van der Waals surface area contributed by atoms with Crippen molar-refractivity contribution in [3.05, 3.63) is 70.2 Å². The van der Waals surface area contributed by atoms with Crippen LogP contribution in [-0.4, -0.2) is 11.8 Å². The van der Waals surface area contributed by atoms with Crippen LogP contribution in [0.3, 0.4) is 0 Å². The van der Waals surface area contributed by atoms with Gasteiger partial charge in [-0.05, 0) is 35.9 Å². The first kappa shape index (κ1) is 13.6. The van der Waals surface area contributed by atoms with Gasteiger partial charge in [0.15, 0.2) is 0 Å². The van der Waals surface area contributed by atoms with Crippen molar-refractivity contribution in [1.82, 2.24) is 5.43 Å². The Morgan fingerprint density at radius 2 is 1.62 bits per heavy atom. The summed E-state index contributed by atoms with van der Waals surface area (Å²) in [5, 5.41) is 1.26. The Kier molecular flexibility index (Phi) is 3.58. The summed E-state index contributed by atoms with van der Waals surface area (Å²) in [6, 6.07) is 16.4. The van der Waals surface area contributed by atoms with Gasteiger partial charge in [0.2, 0.25) is 0 Å². The second kappa shape index (κ2) is 5.54. The molecule has 1 aliphatic rings. The van der Waals surface area contributed by atoms with E-state index in [1.165, 1.54) is 5.01 Å². The molecular weight excluding hydrogens is 332 g/mol. The molecule has 2 aromatic carbocycles. The Hall–Kier alpha value is -2.40. The van der Waals surface area contributed by atoms with Gasteiger partial charge in [-0.3, -0.25) is 15.0 Å². The van der Waals surface area contributed by atoms with Crippen molar-refractivity contribution in [2.75, 3.05) is 5.01 Å². The number of anilines is 1. The minimum atomic E-state index is -0.397. The van der Waals surface area contributed by atoms with Gasteiger partial charge >= 0.3 is 0 Å². The standard InChI is InChI=1S/C16H11BrN2O2/c17-12-8-6-11(7-9-12)10-14-15(20)18-19(16(14)21)13-4-2-1-3-5-13/h1-10H,(H,18,20)/b14-10+.